The maximum atomic E-state index is 13.0. The molecule has 7 heteroatoms. The molecule has 0 aliphatic carbocycles. The van der Waals surface area contributed by atoms with Crippen LogP contribution in [-0.4, -0.2) is 59.6 Å². The van der Waals surface area contributed by atoms with Crippen molar-refractivity contribution in [2.24, 2.45) is 0 Å². The fourth-order valence-corrected chi connectivity index (χ4v) is 7.34. The monoisotopic (exact) mass is 645 g/mol. The van der Waals surface area contributed by atoms with Crippen molar-refractivity contribution in [3.8, 4) is 0 Å². The van der Waals surface area contributed by atoms with Crippen molar-refractivity contribution < 1.29 is 19.2 Å². The summed E-state index contributed by atoms with van der Waals surface area (Å²) in [6, 6.07) is 22.7. The lowest BCUT2D eigenvalue weighted by Crippen LogP contribution is -2.41. The molecule has 7 nitrogen and oxygen atoms in total. The molecule has 0 radical (unpaired) electrons. The van der Waals surface area contributed by atoms with Gasteiger partial charge in [-0.05, 0) is 67.4 Å². The third-order valence-corrected chi connectivity index (χ3v) is 9.93. The van der Waals surface area contributed by atoms with Crippen LogP contribution < -0.4 is 5.32 Å². The minimum atomic E-state index is -0.185. The number of imide groups is 2. The Morgan fingerprint density at radius 1 is 0.375 bits per heavy atom. The van der Waals surface area contributed by atoms with Crippen molar-refractivity contribution in [3.63, 3.8) is 0 Å². The predicted octanol–water partition coefficient (Wildman–Crippen LogP) is 8.55. The Bertz CT molecular complexity index is 1560. The van der Waals surface area contributed by atoms with Crippen LogP contribution in [0.5, 0.6) is 0 Å². The predicted molar refractivity (Wildman–Crippen MR) is 192 cm³/mol. The van der Waals surface area contributed by atoms with Gasteiger partial charge in [0, 0.05) is 46.1 Å². The molecule has 2 heterocycles. The van der Waals surface area contributed by atoms with Gasteiger partial charge in [-0.3, -0.25) is 29.0 Å². The van der Waals surface area contributed by atoms with Crippen molar-refractivity contribution in [2.75, 3.05) is 26.2 Å². The van der Waals surface area contributed by atoms with Crippen LogP contribution in [-0.2, 0) is 0 Å². The van der Waals surface area contributed by atoms with Gasteiger partial charge in [-0.2, -0.15) is 0 Å². The standard InChI is InChI=1S/C41H47N3O4/c45-38-32-22-13-18-30-19-14-23-33(36(30)32)39(46)43(38)28-12-10-8-6-4-2-1-3-5-7-9-11-26-42-27-17-29-44-40(47)34-24-15-20-31-21-16-25-35(37(31)34)41(44)48/h13-16,18-25,42H,1-12,17,26-29H2. The highest BCUT2D eigenvalue weighted by Crippen LogP contribution is 2.31. The number of benzene rings is 4. The second kappa shape index (κ2) is 16.2. The smallest absolute Gasteiger partial charge is 0.261 e. The number of nitrogens with zero attached hydrogens (tertiary/aromatic N) is 2. The number of nitrogens with one attached hydrogen (secondary N) is 1. The van der Waals surface area contributed by atoms with E-state index < -0.39 is 0 Å². The van der Waals surface area contributed by atoms with Gasteiger partial charge < -0.3 is 5.32 Å². The van der Waals surface area contributed by atoms with Gasteiger partial charge in [0.15, 0.2) is 0 Å². The molecule has 4 aromatic rings. The van der Waals surface area contributed by atoms with E-state index in [1.807, 2.05) is 72.8 Å². The van der Waals surface area contributed by atoms with Gasteiger partial charge in [0.25, 0.3) is 23.6 Å². The molecule has 2 aliphatic rings. The quantitative estimate of drug-likeness (QED) is 0.0816. The molecular weight excluding hydrogens is 598 g/mol. The molecule has 2 aliphatic heterocycles. The minimum Gasteiger partial charge on any atom is -0.317 e. The Labute approximate surface area is 283 Å². The Balaban J connectivity index is 0.743. The molecule has 0 saturated heterocycles. The molecule has 6 rings (SSSR count). The van der Waals surface area contributed by atoms with E-state index in [1.165, 1.54) is 61.2 Å². The molecule has 0 bridgehead atoms. The fourth-order valence-electron chi connectivity index (χ4n) is 7.34. The number of rotatable bonds is 19. The third-order valence-electron chi connectivity index (χ3n) is 9.93. The van der Waals surface area contributed by atoms with Crippen LogP contribution in [0.4, 0.5) is 0 Å². The van der Waals surface area contributed by atoms with Crippen LogP contribution in [0.1, 0.15) is 125 Å². The number of unbranched alkanes of at least 4 members (excludes halogenated alkanes) is 11. The van der Waals surface area contributed by atoms with E-state index in [2.05, 4.69) is 5.32 Å². The fraction of sp³-hybridized carbons (Fsp3) is 0.415. The molecule has 4 aromatic carbocycles. The maximum absolute atomic E-state index is 13.0. The van der Waals surface area contributed by atoms with Gasteiger partial charge in [-0.1, -0.05) is 113 Å². The van der Waals surface area contributed by atoms with E-state index in [9.17, 15) is 19.2 Å². The van der Waals surface area contributed by atoms with E-state index in [0.29, 0.717) is 35.3 Å². The van der Waals surface area contributed by atoms with Crippen LogP contribution in [0, 0.1) is 0 Å². The summed E-state index contributed by atoms with van der Waals surface area (Å²) in [4.78, 5) is 54.9. The second-order valence-electron chi connectivity index (χ2n) is 13.3. The first-order chi connectivity index (χ1) is 23.6. The number of carbonyl (C=O) groups excluding carboxylic acids is 4. The number of hydrogen-bond acceptors (Lipinski definition) is 5. The van der Waals surface area contributed by atoms with E-state index >= 15 is 0 Å². The summed E-state index contributed by atoms with van der Waals surface area (Å²) in [5.74, 6) is -0.690. The van der Waals surface area contributed by atoms with Crippen molar-refractivity contribution in [1.29, 1.82) is 0 Å². The minimum absolute atomic E-state index is 0.160. The van der Waals surface area contributed by atoms with Gasteiger partial charge in [-0.25, -0.2) is 0 Å². The molecule has 0 aromatic heterocycles. The zero-order valence-corrected chi connectivity index (χ0v) is 28.0. The first-order valence-corrected chi connectivity index (χ1v) is 18.0. The van der Waals surface area contributed by atoms with Crippen LogP contribution in [0.25, 0.3) is 21.5 Å². The molecular formula is C41H47N3O4. The molecule has 48 heavy (non-hydrogen) atoms. The van der Waals surface area contributed by atoms with Gasteiger partial charge in [-0.15, -0.1) is 0 Å². The Morgan fingerprint density at radius 3 is 1.08 bits per heavy atom. The summed E-state index contributed by atoms with van der Waals surface area (Å²) >= 11 is 0. The molecule has 0 spiro atoms. The summed E-state index contributed by atoms with van der Waals surface area (Å²) < 4.78 is 0. The molecule has 0 unspecified atom stereocenters. The van der Waals surface area contributed by atoms with E-state index in [0.717, 1.165) is 66.7 Å². The van der Waals surface area contributed by atoms with Crippen molar-refractivity contribution >= 4 is 45.2 Å². The summed E-state index contributed by atoms with van der Waals surface area (Å²) in [6.07, 6.45) is 15.0. The summed E-state index contributed by atoms with van der Waals surface area (Å²) in [7, 11) is 0. The average molecular weight is 646 g/mol. The van der Waals surface area contributed by atoms with Gasteiger partial charge in [0.2, 0.25) is 0 Å². The lowest BCUT2D eigenvalue weighted by molar-refractivity contribution is 0.0593. The Morgan fingerprint density at radius 2 is 0.688 bits per heavy atom. The molecule has 0 atom stereocenters. The highest BCUT2D eigenvalue weighted by atomic mass is 16.2. The maximum Gasteiger partial charge on any atom is 0.261 e. The van der Waals surface area contributed by atoms with Crippen LogP contribution in [0.2, 0.25) is 0 Å². The van der Waals surface area contributed by atoms with Crippen molar-refractivity contribution in [1.82, 2.24) is 15.1 Å². The normalized spacial score (nSPS) is 14.2. The average Bonchev–Trinajstić information content (AvgIpc) is 3.11. The lowest BCUT2D eigenvalue weighted by atomic mass is 9.94. The number of carbonyl (C=O) groups is 4. The molecule has 250 valence electrons. The van der Waals surface area contributed by atoms with E-state index in [4.69, 9.17) is 0 Å². The summed E-state index contributed by atoms with van der Waals surface area (Å²) in [5.41, 5.74) is 2.53. The molecule has 0 fully saturated rings. The SMILES string of the molecule is O=C1c2cccc3cccc(c23)C(=O)N1CCCCCCCCCCCCCCNCCCN1C(=O)c2cccc3cccc(c23)C1=O. The van der Waals surface area contributed by atoms with Gasteiger partial charge >= 0.3 is 0 Å². The zero-order valence-electron chi connectivity index (χ0n) is 28.0. The number of hydrogen-bond donors (Lipinski definition) is 1. The highest BCUT2D eigenvalue weighted by Gasteiger charge is 2.33. The first kappa shape index (κ1) is 33.5. The summed E-state index contributed by atoms with van der Waals surface area (Å²) in [5, 5.41) is 6.94. The summed E-state index contributed by atoms with van der Waals surface area (Å²) in [6.45, 7) is 2.69. The third kappa shape index (κ3) is 7.36. The first-order valence-electron chi connectivity index (χ1n) is 18.0. The second-order valence-corrected chi connectivity index (χ2v) is 13.3. The van der Waals surface area contributed by atoms with E-state index in [1.54, 1.807) is 0 Å². The van der Waals surface area contributed by atoms with Crippen LogP contribution in [0.3, 0.4) is 0 Å². The zero-order chi connectivity index (χ0) is 33.3. The topological polar surface area (TPSA) is 86.8 Å². The highest BCUT2D eigenvalue weighted by molar-refractivity contribution is 6.26. The van der Waals surface area contributed by atoms with Gasteiger partial charge in [0.05, 0.1) is 0 Å². The largest absolute Gasteiger partial charge is 0.317 e. The number of amides is 4. The van der Waals surface area contributed by atoms with E-state index in [-0.39, 0.29) is 23.6 Å². The Hall–Kier alpha value is -4.36. The molecule has 4 amide bonds. The Kier molecular flexibility index (Phi) is 11.3. The van der Waals surface area contributed by atoms with Crippen molar-refractivity contribution in [3.05, 3.63) is 95.1 Å². The van der Waals surface area contributed by atoms with Crippen molar-refractivity contribution in [2.45, 2.75) is 83.5 Å². The molecule has 1 N–H and O–H groups in total. The van der Waals surface area contributed by atoms with Crippen LogP contribution >= 0.6 is 0 Å². The van der Waals surface area contributed by atoms with Gasteiger partial charge in [0.1, 0.15) is 0 Å². The lowest BCUT2D eigenvalue weighted by Gasteiger charge is -2.27. The van der Waals surface area contributed by atoms with Crippen LogP contribution in [0.15, 0.2) is 72.8 Å². The molecule has 0 saturated carbocycles.